The van der Waals surface area contributed by atoms with Gasteiger partial charge in [-0.2, -0.15) is 0 Å². The summed E-state index contributed by atoms with van der Waals surface area (Å²) < 4.78 is 30.9. The summed E-state index contributed by atoms with van der Waals surface area (Å²) in [4.78, 5) is 11.4. The SMILES string of the molecule is COC(=O)c1cccc(S(=O)(=O)NCC(C)C)c1. The lowest BCUT2D eigenvalue weighted by Crippen LogP contribution is -2.27. The monoisotopic (exact) mass is 271 g/mol. The molecule has 0 aromatic heterocycles. The van der Waals surface area contributed by atoms with Crippen molar-refractivity contribution in [3.05, 3.63) is 29.8 Å². The molecule has 0 radical (unpaired) electrons. The van der Waals surface area contributed by atoms with Crippen molar-refractivity contribution in [1.82, 2.24) is 4.72 Å². The standard InChI is InChI=1S/C12H17NO4S/c1-9(2)8-13-18(15,16)11-6-4-5-10(7-11)12(14)17-3/h4-7,9,13H,8H2,1-3H3. The topological polar surface area (TPSA) is 72.5 Å². The first-order chi connectivity index (χ1) is 8.36. The van der Waals surface area contributed by atoms with Crippen molar-refractivity contribution in [3.63, 3.8) is 0 Å². The molecule has 0 saturated heterocycles. The Balaban J connectivity index is 2.99. The van der Waals surface area contributed by atoms with Gasteiger partial charge in [-0.1, -0.05) is 19.9 Å². The van der Waals surface area contributed by atoms with Gasteiger partial charge in [0.1, 0.15) is 0 Å². The number of carbonyl (C=O) groups excluding carboxylic acids is 1. The fourth-order valence-corrected chi connectivity index (χ4v) is 2.53. The minimum atomic E-state index is -3.58. The zero-order chi connectivity index (χ0) is 13.8. The number of carbonyl (C=O) groups is 1. The van der Waals surface area contributed by atoms with Crippen LogP contribution in [-0.4, -0.2) is 28.0 Å². The van der Waals surface area contributed by atoms with Crippen LogP contribution in [0, 0.1) is 5.92 Å². The van der Waals surface area contributed by atoms with E-state index in [-0.39, 0.29) is 16.4 Å². The highest BCUT2D eigenvalue weighted by atomic mass is 32.2. The Bertz CT molecular complexity index is 523. The molecule has 1 aromatic carbocycles. The van der Waals surface area contributed by atoms with Crippen molar-refractivity contribution in [2.24, 2.45) is 5.92 Å². The molecule has 1 N–H and O–H groups in total. The van der Waals surface area contributed by atoms with Gasteiger partial charge in [-0.05, 0) is 24.1 Å². The maximum atomic E-state index is 11.9. The number of esters is 1. The Kier molecular flexibility index (Phi) is 4.86. The van der Waals surface area contributed by atoms with Crippen molar-refractivity contribution in [2.75, 3.05) is 13.7 Å². The molecule has 100 valence electrons. The quantitative estimate of drug-likeness (QED) is 0.822. The third kappa shape index (κ3) is 3.82. The van der Waals surface area contributed by atoms with E-state index in [1.165, 1.54) is 31.4 Å². The molecule has 0 spiro atoms. The summed E-state index contributed by atoms with van der Waals surface area (Å²) in [6.07, 6.45) is 0. The van der Waals surface area contributed by atoms with Crippen molar-refractivity contribution < 1.29 is 17.9 Å². The van der Waals surface area contributed by atoms with E-state index in [4.69, 9.17) is 0 Å². The van der Waals surface area contributed by atoms with Gasteiger partial charge in [0.25, 0.3) is 0 Å². The summed E-state index contributed by atoms with van der Waals surface area (Å²) in [7, 11) is -2.33. The number of ether oxygens (including phenoxy) is 1. The molecular weight excluding hydrogens is 254 g/mol. The molecule has 6 heteroatoms. The maximum Gasteiger partial charge on any atom is 0.337 e. The second-order valence-electron chi connectivity index (χ2n) is 4.27. The molecule has 0 amide bonds. The van der Waals surface area contributed by atoms with E-state index in [9.17, 15) is 13.2 Å². The van der Waals surface area contributed by atoms with Crippen molar-refractivity contribution in [2.45, 2.75) is 18.7 Å². The zero-order valence-electron chi connectivity index (χ0n) is 10.6. The van der Waals surface area contributed by atoms with Gasteiger partial charge in [-0.15, -0.1) is 0 Å². The number of nitrogens with one attached hydrogen (secondary N) is 1. The van der Waals surface area contributed by atoms with E-state index in [1.54, 1.807) is 0 Å². The highest BCUT2D eigenvalue weighted by Gasteiger charge is 2.16. The predicted octanol–water partition coefficient (Wildman–Crippen LogP) is 1.41. The Hall–Kier alpha value is -1.40. The molecule has 0 fully saturated rings. The van der Waals surface area contributed by atoms with Crippen molar-refractivity contribution in [3.8, 4) is 0 Å². The van der Waals surface area contributed by atoms with Crippen LogP contribution in [0.2, 0.25) is 0 Å². The van der Waals surface area contributed by atoms with Crippen LogP contribution in [0.15, 0.2) is 29.2 Å². The molecule has 0 heterocycles. The van der Waals surface area contributed by atoms with E-state index in [1.807, 2.05) is 13.8 Å². The van der Waals surface area contributed by atoms with Crippen molar-refractivity contribution in [1.29, 1.82) is 0 Å². The highest BCUT2D eigenvalue weighted by Crippen LogP contribution is 2.12. The number of rotatable bonds is 5. The van der Waals surface area contributed by atoms with E-state index in [0.717, 1.165) is 0 Å². The minimum absolute atomic E-state index is 0.0612. The summed E-state index contributed by atoms with van der Waals surface area (Å²) >= 11 is 0. The lowest BCUT2D eigenvalue weighted by Gasteiger charge is -2.09. The van der Waals surface area contributed by atoms with Gasteiger partial charge in [0, 0.05) is 6.54 Å². The number of benzene rings is 1. The first-order valence-electron chi connectivity index (χ1n) is 5.55. The summed E-state index contributed by atoms with van der Waals surface area (Å²) in [6.45, 7) is 4.17. The minimum Gasteiger partial charge on any atom is -0.465 e. The van der Waals surface area contributed by atoms with Gasteiger partial charge in [0.15, 0.2) is 0 Å². The molecule has 0 aliphatic rings. The third-order valence-corrected chi connectivity index (χ3v) is 3.67. The van der Waals surface area contributed by atoms with Gasteiger partial charge in [0.05, 0.1) is 17.6 Å². The van der Waals surface area contributed by atoms with E-state index in [0.29, 0.717) is 6.54 Å². The molecule has 1 aromatic rings. The van der Waals surface area contributed by atoms with Crippen LogP contribution in [0.5, 0.6) is 0 Å². The molecule has 0 saturated carbocycles. The van der Waals surface area contributed by atoms with Gasteiger partial charge in [0.2, 0.25) is 10.0 Å². The number of hydrogen-bond donors (Lipinski definition) is 1. The smallest absolute Gasteiger partial charge is 0.337 e. The van der Waals surface area contributed by atoms with E-state index >= 15 is 0 Å². The average molecular weight is 271 g/mol. The van der Waals surface area contributed by atoms with Crippen molar-refractivity contribution >= 4 is 16.0 Å². The summed E-state index contributed by atoms with van der Waals surface area (Å²) in [5.41, 5.74) is 0.213. The largest absolute Gasteiger partial charge is 0.465 e. The Labute approximate surface area is 107 Å². The summed E-state index contributed by atoms with van der Waals surface area (Å²) in [5.74, 6) is -0.348. The summed E-state index contributed by atoms with van der Waals surface area (Å²) in [5, 5.41) is 0. The predicted molar refractivity (Wildman–Crippen MR) is 67.8 cm³/mol. The number of sulfonamides is 1. The molecule has 0 atom stereocenters. The van der Waals surface area contributed by atoms with E-state index in [2.05, 4.69) is 9.46 Å². The second kappa shape index (κ2) is 5.97. The van der Waals surface area contributed by atoms with Crippen LogP contribution in [0.1, 0.15) is 24.2 Å². The normalized spacial score (nSPS) is 11.6. The average Bonchev–Trinajstić information content (AvgIpc) is 2.35. The van der Waals surface area contributed by atoms with Crippen LogP contribution in [0.25, 0.3) is 0 Å². The maximum absolute atomic E-state index is 11.9. The highest BCUT2D eigenvalue weighted by molar-refractivity contribution is 7.89. The van der Waals surface area contributed by atoms with Crippen LogP contribution in [0.4, 0.5) is 0 Å². The second-order valence-corrected chi connectivity index (χ2v) is 6.03. The van der Waals surface area contributed by atoms with E-state index < -0.39 is 16.0 Å². The fourth-order valence-electron chi connectivity index (χ4n) is 1.27. The molecule has 18 heavy (non-hydrogen) atoms. The first-order valence-corrected chi connectivity index (χ1v) is 7.03. The summed E-state index contributed by atoms with van der Waals surface area (Å²) in [6, 6.07) is 5.76. The van der Waals surface area contributed by atoms with Gasteiger partial charge in [-0.3, -0.25) is 0 Å². The fraction of sp³-hybridized carbons (Fsp3) is 0.417. The first kappa shape index (κ1) is 14.7. The zero-order valence-corrected chi connectivity index (χ0v) is 11.5. The Morgan fingerprint density at radius 1 is 1.39 bits per heavy atom. The molecule has 0 unspecified atom stereocenters. The number of methoxy groups -OCH3 is 1. The molecule has 5 nitrogen and oxygen atoms in total. The third-order valence-electron chi connectivity index (χ3n) is 2.25. The lowest BCUT2D eigenvalue weighted by molar-refractivity contribution is 0.0600. The Morgan fingerprint density at radius 2 is 2.06 bits per heavy atom. The van der Waals surface area contributed by atoms with Gasteiger partial charge in [-0.25, -0.2) is 17.9 Å². The van der Waals surface area contributed by atoms with Crippen LogP contribution in [-0.2, 0) is 14.8 Å². The van der Waals surface area contributed by atoms with Crippen LogP contribution in [0.3, 0.4) is 0 Å². The van der Waals surface area contributed by atoms with Crippen LogP contribution >= 0.6 is 0 Å². The molecule has 0 bridgehead atoms. The lowest BCUT2D eigenvalue weighted by atomic mass is 10.2. The molecule has 0 aliphatic heterocycles. The Morgan fingerprint density at radius 3 is 2.61 bits per heavy atom. The van der Waals surface area contributed by atoms with Gasteiger partial charge < -0.3 is 4.74 Å². The molecule has 1 rings (SSSR count). The molecular formula is C12H17NO4S. The molecule has 0 aliphatic carbocycles. The van der Waals surface area contributed by atoms with Crippen LogP contribution < -0.4 is 4.72 Å². The number of hydrogen-bond acceptors (Lipinski definition) is 4. The van der Waals surface area contributed by atoms with Gasteiger partial charge >= 0.3 is 5.97 Å².